The van der Waals surface area contributed by atoms with Crippen LogP contribution in [0.3, 0.4) is 0 Å². The number of hydrogen-bond donors (Lipinski definition) is 1. The van der Waals surface area contributed by atoms with Gasteiger partial charge in [-0.25, -0.2) is 4.79 Å². The zero-order valence-corrected chi connectivity index (χ0v) is 13.6. The molecule has 2 rings (SSSR count). The number of anilines is 1. The van der Waals surface area contributed by atoms with Crippen molar-refractivity contribution in [2.24, 2.45) is 0 Å². The average Bonchev–Trinajstić information content (AvgIpc) is 2.92. The standard InChI is InChI=1S/C16H18N2O3S/c1-4-21-16(20)12-8-13(10(2)3)22-15(12)18-14(19)11-6-5-7-17-9-11/h5-10H,4H2,1-3H3,(H,18,19). The first-order chi connectivity index (χ1) is 10.5. The van der Waals surface area contributed by atoms with Gasteiger partial charge in [0.05, 0.1) is 17.7 Å². The number of aromatic nitrogens is 1. The largest absolute Gasteiger partial charge is 0.462 e. The van der Waals surface area contributed by atoms with E-state index >= 15 is 0 Å². The molecule has 0 aliphatic rings. The molecule has 22 heavy (non-hydrogen) atoms. The highest BCUT2D eigenvalue weighted by Gasteiger charge is 2.20. The van der Waals surface area contributed by atoms with Gasteiger partial charge in [-0.1, -0.05) is 13.8 Å². The van der Waals surface area contributed by atoms with E-state index in [-0.39, 0.29) is 11.8 Å². The average molecular weight is 318 g/mol. The van der Waals surface area contributed by atoms with Crippen LogP contribution in [0.1, 0.15) is 52.3 Å². The molecule has 0 saturated heterocycles. The lowest BCUT2D eigenvalue weighted by atomic mass is 10.1. The number of ether oxygens (including phenoxy) is 1. The number of rotatable bonds is 5. The van der Waals surface area contributed by atoms with Crippen LogP contribution >= 0.6 is 11.3 Å². The third-order valence-electron chi connectivity index (χ3n) is 2.97. The van der Waals surface area contributed by atoms with Crippen LogP contribution in [0.4, 0.5) is 5.00 Å². The van der Waals surface area contributed by atoms with Crippen molar-refractivity contribution in [1.82, 2.24) is 4.98 Å². The summed E-state index contributed by atoms with van der Waals surface area (Å²) in [6.45, 7) is 6.12. The molecule has 0 unspecified atom stereocenters. The lowest BCUT2D eigenvalue weighted by Gasteiger charge is -2.05. The van der Waals surface area contributed by atoms with Gasteiger partial charge in [-0.05, 0) is 31.0 Å². The molecule has 0 atom stereocenters. The maximum Gasteiger partial charge on any atom is 0.341 e. The molecule has 1 N–H and O–H groups in total. The molecule has 5 nitrogen and oxygen atoms in total. The third kappa shape index (κ3) is 3.71. The summed E-state index contributed by atoms with van der Waals surface area (Å²) in [5.41, 5.74) is 0.838. The summed E-state index contributed by atoms with van der Waals surface area (Å²) >= 11 is 1.39. The van der Waals surface area contributed by atoms with Crippen LogP contribution in [0.15, 0.2) is 30.6 Å². The fraction of sp³-hybridized carbons (Fsp3) is 0.312. The molecule has 6 heteroatoms. The van der Waals surface area contributed by atoms with Gasteiger partial charge in [0, 0.05) is 17.3 Å². The number of hydrogen-bond acceptors (Lipinski definition) is 5. The molecule has 0 aromatic carbocycles. The number of nitrogens with zero attached hydrogens (tertiary/aromatic N) is 1. The van der Waals surface area contributed by atoms with Crippen LogP contribution in [0.25, 0.3) is 0 Å². The second kappa shape index (κ2) is 7.17. The highest BCUT2D eigenvalue weighted by Crippen LogP contribution is 2.33. The van der Waals surface area contributed by atoms with Gasteiger partial charge in [0.15, 0.2) is 0 Å². The van der Waals surface area contributed by atoms with E-state index in [9.17, 15) is 9.59 Å². The summed E-state index contributed by atoms with van der Waals surface area (Å²) in [5, 5.41) is 3.29. The fourth-order valence-corrected chi connectivity index (χ4v) is 2.86. The Bertz CT molecular complexity index is 665. The highest BCUT2D eigenvalue weighted by atomic mass is 32.1. The van der Waals surface area contributed by atoms with Gasteiger partial charge < -0.3 is 10.1 Å². The molecule has 1 amide bonds. The Hall–Kier alpha value is -2.21. The first-order valence-electron chi connectivity index (χ1n) is 7.05. The van der Waals surface area contributed by atoms with Crippen LogP contribution in [-0.4, -0.2) is 23.5 Å². The minimum atomic E-state index is -0.424. The second-order valence-electron chi connectivity index (χ2n) is 4.96. The van der Waals surface area contributed by atoms with Crippen molar-refractivity contribution in [2.45, 2.75) is 26.7 Å². The van der Waals surface area contributed by atoms with E-state index in [2.05, 4.69) is 10.3 Å². The predicted octanol–water partition coefficient (Wildman–Crippen LogP) is 3.70. The zero-order chi connectivity index (χ0) is 16.1. The molecule has 0 bridgehead atoms. The molecular formula is C16H18N2O3S. The van der Waals surface area contributed by atoms with Crippen molar-refractivity contribution >= 4 is 28.2 Å². The van der Waals surface area contributed by atoms with Crippen molar-refractivity contribution in [3.05, 3.63) is 46.6 Å². The molecule has 2 aromatic rings. The van der Waals surface area contributed by atoms with Crippen molar-refractivity contribution in [3.8, 4) is 0 Å². The van der Waals surface area contributed by atoms with Gasteiger partial charge in [0.1, 0.15) is 5.00 Å². The smallest absolute Gasteiger partial charge is 0.341 e. The van der Waals surface area contributed by atoms with Gasteiger partial charge in [-0.3, -0.25) is 9.78 Å². The minimum Gasteiger partial charge on any atom is -0.462 e. The summed E-state index contributed by atoms with van der Waals surface area (Å²) < 4.78 is 5.05. The first-order valence-corrected chi connectivity index (χ1v) is 7.86. The van der Waals surface area contributed by atoms with Gasteiger partial charge >= 0.3 is 5.97 Å². The monoisotopic (exact) mass is 318 g/mol. The van der Waals surface area contributed by atoms with E-state index in [4.69, 9.17) is 4.74 Å². The number of amides is 1. The van der Waals surface area contributed by atoms with Crippen molar-refractivity contribution in [2.75, 3.05) is 11.9 Å². The molecule has 0 fully saturated rings. The molecular weight excluding hydrogens is 300 g/mol. The Morgan fingerprint density at radius 1 is 1.41 bits per heavy atom. The third-order valence-corrected chi connectivity index (χ3v) is 4.32. The number of pyridine rings is 1. The molecule has 2 aromatic heterocycles. The Morgan fingerprint density at radius 3 is 2.77 bits per heavy atom. The van der Waals surface area contributed by atoms with Crippen molar-refractivity contribution in [3.63, 3.8) is 0 Å². The summed E-state index contributed by atoms with van der Waals surface area (Å²) in [4.78, 5) is 29.2. The van der Waals surface area contributed by atoms with Crippen molar-refractivity contribution < 1.29 is 14.3 Å². The second-order valence-corrected chi connectivity index (χ2v) is 6.05. The number of carbonyl (C=O) groups is 2. The van der Waals surface area contributed by atoms with Crippen molar-refractivity contribution in [1.29, 1.82) is 0 Å². The first kappa shape index (κ1) is 16.2. The SMILES string of the molecule is CCOC(=O)c1cc(C(C)C)sc1NC(=O)c1cccnc1. The molecule has 0 aliphatic heterocycles. The van der Waals surface area contributed by atoms with Gasteiger partial charge in [-0.2, -0.15) is 0 Å². The lowest BCUT2D eigenvalue weighted by Crippen LogP contribution is -2.14. The van der Waals surface area contributed by atoms with Crippen LogP contribution < -0.4 is 5.32 Å². The van der Waals surface area contributed by atoms with Gasteiger partial charge in [0.2, 0.25) is 0 Å². The predicted molar refractivity (Wildman–Crippen MR) is 86.6 cm³/mol. The molecule has 116 valence electrons. The lowest BCUT2D eigenvalue weighted by molar-refractivity contribution is 0.0528. The molecule has 0 saturated carbocycles. The Labute approximate surface area is 133 Å². The van der Waals surface area contributed by atoms with E-state index in [0.717, 1.165) is 4.88 Å². The Morgan fingerprint density at radius 2 is 2.18 bits per heavy atom. The van der Waals surface area contributed by atoms with Crippen LogP contribution in [0.2, 0.25) is 0 Å². The number of carbonyl (C=O) groups excluding carboxylic acids is 2. The van der Waals surface area contributed by atoms with Crippen LogP contribution in [0, 0.1) is 0 Å². The van der Waals surface area contributed by atoms with Gasteiger partial charge in [0.25, 0.3) is 5.91 Å². The zero-order valence-electron chi connectivity index (χ0n) is 12.8. The van der Waals surface area contributed by atoms with E-state index in [1.807, 2.05) is 13.8 Å². The maximum absolute atomic E-state index is 12.2. The maximum atomic E-state index is 12.2. The number of thiophene rings is 1. The quantitative estimate of drug-likeness (QED) is 0.854. The molecule has 0 aliphatic carbocycles. The van der Waals surface area contributed by atoms with E-state index in [0.29, 0.717) is 22.7 Å². The topological polar surface area (TPSA) is 68.3 Å². The normalized spacial score (nSPS) is 10.5. The number of esters is 1. The van der Waals surface area contributed by atoms with E-state index in [1.54, 1.807) is 31.3 Å². The summed E-state index contributed by atoms with van der Waals surface area (Å²) in [5.74, 6) is -0.454. The highest BCUT2D eigenvalue weighted by molar-refractivity contribution is 7.16. The van der Waals surface area contributed by atoms with Crippen LogP contribution in [-0.2, 0) is 4.74 Å². The molecule has 2 heterocycles. The van der Waals surface area contributed by atoms with Gasteiger partial charge in [-0.15, -0.1) is 11.3 Å². The molecule has 0 radical (unpaired) electrons. The van der Waals surface area contributed by atoms with E-state index < -0.39 is 5.97 Å². The summed E-state index contributed by atoms with van der Waals surface area (Å²) in [6, 6.07) is 5.14. The molecule has 0 spiro atoms. The van der Waals surface area contributed by atoms with Crippen LogP contribution in [0.5, 0.6) is 0 Å². The minimum absolute atomic E-state index is 0.266. The number of nitrogens with one attached hydrogen (secondary N) is 1. The Balaban J connectivity index is 2.29. The summed E-state index contributed by atoms with van der Waals surface area (Å²) in [6.07, 6.45) is 3.08. The Kier molecular flexibility index (Phi) is 5.27. The summed E-state index contributed by atoms with van der Waals surface area (Å²) in [7, 11) is 0. The fourth-order valence-electron chi connectivity index (χ4n) is 1.82. The van der Waals surface area contributed by atoms with E-state index in [1.165, 1.54) is 17.5 Å².